The molecular formula is C29H41F2N3O3. The molecule has 6 nitrogen and oxygen atoms in total. The van der Waals surface area contributed by atoms with Crippen molar-refractivity contribution in [3.05, 3.63) is 58.7 Å². The van der Waals surface area contributed by atoms with E-state index in [2.05, 4.69) is 5.32 Å². The zero-order valence-electron chi connectivity index (χ0n) is 22.2. The van der Waals surface area contributed by atoms with E-state index < -0.39 is 35.0 Å². The molecule has 0 saturated heterocycles. The SMILES string of the molecule is CCCN(CCC)C(=O)C1=CC(C)=CC(C(N)=O)([C@H](Cc2cc(F)cc(F)c2)[C@@H](O)CNC2CCC2)C1. The van der Waals surface area contributed by atoms with Gasteiger partial charge in [-0.15, -0.1) is 0 Å². The van der Waals surface area contributed by atoms with Crippen molar-refractivity contribution >= 4 is 11.8 Å². The van der Waals surface area contributed by atoms with Gasteiger partial charge >= 0.3 is 0 Å². The third-order valence-electron chi connectivity index (χ3n) is 7.60. The molecular weight excluding hydrogens is 476 g/mol. The maximum Gasteiger partial charge on any atom is 0.249 e. The van der Waals surface area contributed by atoms with E-state index in [0.29, 0.717) is 35.8 Å². The number of aliphatic hydroxyl groups is 1. The number of nitrogens with one attached hydrogen (secondary N) is 1. The van der Waals surface area contributed by atoms with E-state index in [1.54, 1.807) is 24.0 Å². The first-order valence-corrected chi connectivity index (χ1v) is 13.4. The van der Waals surface area contributed by atoms with E-state index in [4.69, 9.17) is 5.73 Å². The minimum Gasteiger partial charge on any atom is -0.391 e. The highest BCUT2D eigenvalue weighted by Gasteiger charge is 2.48. The van der Waals surface area contributed by atoms with Gasteiger partial charge in [-0.05, 0) is 63.1 Å². The lowest BCUT2D eigenvalue weighted by Gasteiger charge is -2.42. The summed E-state index contributed by atoms with van der Waals surface area (Å²) in [6, 6.07) is 3.51. The summed E-state index contributed by atoms with van der Waals surface area (Å²) in [5, 5.41) is 14.8. The minimum atomic E-state index is -1.41. The summed E-state index contributed by atoms with van der Waals surface area (Å²) in [7, 11) is 0. The number of carbonyl (C=O) groups excluding carboxylic acids is 2. The van der Waals surface area contributed by atoms with Crippen molar-refractivity contribution in [1.82, 2.24) is 10.2 Å². The van der Waals surface area contributed by atoms with Gasteiger partial charge in [0.1, 0.15) is 11.6 Å². The van der Waals surface area contributed by atoms with Crippen LogP contribution in [0.15, 0.2) is 41.5 Å². The zero-order chi connectivity index (χ0) is 27.2. The fourth-order valence-corrected chi connectivity index (χ4v) is 5.60. The molecule has 4 N–H and O–H groups in total. The summed E-state index contributed by atoms with van der Waals surface area (Å²) in [6.45, 7) is 7.20. The number of amides is 2. The predicted octanol–water partition coefficient (Wildman–Crippen LogP) is 4.02. The Balaban J connectivity index is 2.00. The number of benzene rings is 1. The molecule has 37 heavy (non-hydrogen) atoms. The van der Waals surface area contributed by atoms with Crippen LogP contribution >= 0.6 is 0 Å². The summed E-state index contributed by atoms with van der Waals surface area (Å²) in [5.74, 6) is -3.10. The minimum absolute atomic E-state index is 0.0179. The highest BCUT2D eigenvalue weighted by atomic mass is 19.1. The summed E-state index contributed by atoms with van der Waals surface area (Å²) in [5.41, 5.74) is 6.11. The number of aliphatic hydroxyl groups excluding tert-OH is 1. The first kappa shape index (κ1) is 29.0. The van der Waals surface area contributed by atoms with Crippen molar-refractivity contribution in [3.63, 3.8) is 0 Å². The number of halogens is 2. The van der Waals surface area contributed by atoms with E-state index in [0.717, 1.165) is 38.2 Å². The quantitative estimate of drug-likeness (QED) is 0.368. The lowest BCUT2D eigenvalue weighted by atomic mass is 9.63. The van der Waals surface area contributed by atoms with Gasteiger partial charge in [0, 0.05) is 43.2 Å². The van der Waals surface area contributed by atoms with Gasteiger partial charge in [-0.1, -0.05) is 38.0 Å². The van der Waals surface area contributed by atoms with Crippen molar-refractivity contribution in [1.29, 1.82) is 0 Å². The molecule has 1 unspecified atom stereocenters. The average molecular weight is 518 g/mol. The number of rotatable bonds is 13. The van der Waals surface area contributed by atoms with Crippen LogP contribution in [-0.4, -0.2) is 53.6 Å². The average Bonchev–Trinajstić information content (AvgIpc) is 2.79. The topological polar surface area (TPSA) is 95.7 Å². The summed E-state index contributed by atoms with van der Waals surface area (Å²) < 4.78 is 28.1. The second-order valence-electron chi connectivity index (χ2n) is 10.6. The molecule has 3 rings (SSSR count). The smallest absolute Gasteiger partial charge is 0.249 e. The molecule has 0 bridgehead atoms. The van der Waals surface area contributed by atoms with Gasteiger partial charge < -0.3 is 21.1 Å². The molecule has 0 aliphatic heterocycles. The summed E-state index contributed by atoms with van der Waals surface area (Å²) >= 11 is 0. The van der Waals surface area contributed by atoms with Crippen LogP contribution in [0, 0.1) is 23.0 Å². The molecule has 204 valence electrons. The Labute approximate surface area is 219 Å². The summed E-state index contributed by atoms with van der Waals surface area (Å²) in [4.78, 5) is 28.6. The maximum atomic E-state index is 14.1. The van der Waals surface area contributed by atoms with Crippen LogP contribution in [0.5, 0.6) is 0 Å². The van der Waals surface area contributed by atoms with Crippen LogP contribution in [0.1, 0.15) is 64.9 Å². The maximum absolute atomic E-state index is 14.1. The Morgan fingerprint density at radius 2 is 1.78 bits per heavy atom. The van der Waals surface area contributed by atoms with Gasteiger partial charge in [-0.2, -0.15) is 0 Å². The predicted molar refractivity (Wildman–Crippen MR) is 140 cm³/mol. The molecule has 2 amide bonds. The van der Waals surface area contributed by atoms with Crippen molar-refractivity contribution < 1.29 is 23.5 Å². The van der Waals surface area contributed by atoms with Gasteiger partial charge in [-0.25, -0.2) is 8.78 Å². The van der Waals surface area contributed by atoms with Gasteiger partial charge in [0.05, 0.1) is 11.5 Å². The van der Waals surface area contributed by atoms with Gasteiger partial charge in [0.2, 0.25) is 11.8 Å². The molecule has 2 aliphatic carbocycles. The second-order valence-corrected chi connectivity index (χ2v) is 10.6. The van der Waals surface area contributed by atoms with E-state index in [1.165, 1.54) is 12.1 Å². The molecule has 0 radical (unpaired) electrons. The highest BCUT2D eigenvalue weighted by Crippen LogP contribution is 2.44. The fourth-order valence-electron chi connectivity index (χ4n) is 5.60. The molecule has 1 aromatic rings. The largest absolute Gasteiger partial charge is 0.391 e. The molecule has 1 aromatic carbocycles. The molecule has 0 aromatic heterocycles. The van der Waals surface area contributed by atoms with E-state index in [1.807, 2.05) is 13.8 Å². The molecule has 2 aliphatic rings. The molecule has 8 heteroatoms. The van der Waals surface area contributed by atoms with E-state index in [9.17, 15) is 23.5 Å². The Bertz CT molecular complexity index is 1010. The summed E-state index contributed by atoms with van der Waals surface area (Å²) in [6.07, 6.45) is 7.24. The second kappa shape index (κ2) is 12.8. The Morgan fingerprint density at radius 1 is 1.16 bits per heavy atom. The number of hydrogen-bond acceptors (Lipinski definition) is 4. The Kier molecular flexibility index (Phi) is 10.0. The first-order chi connectivity index (χ1) is 17.6. The number of nitrogens with zero attached hydrogens (tertiary/aromatic N) is 1. The van der Waals surface area contributed by atoms with Crippen LogP contribution in [0.2, 0.25) is 0 Å². The van der Waals surface area contributed by atoms with Crippen molar-refractivity contribution in [3.8, 4) is 0 Å². The Morgan fingerprint density at radius 3 is 2.30 bits per heavy atom. The molecule has 0 heterocycles. The number of nitrogens with two attached hydrogens (primary N) is 1. The standard InChI is InChI=1S/C29H41F2N3O3/c1-4-9-34(10-5-2)27(36)21-11-19(3)16-29(17-21,28(32)37)25(26(35)18-33-24-7-6-8-24)14-20-12-22(30)15-23(31)13-20/h11-13,15-16,24-26,33,35H,4-10,14,17-18H2,1-3H3,(H2,32,37)/t25-,26+,29?/m1/s1. The third kappa shape index (κ3) is 7.05. The molecule has 3 atom stereocenters. The van der Waals surface area contributed by atoms with E-state index >= 15 is 0 Å². The normalized spacial score (nSPS) is 21.5. The van der Waals surface area contributed by atoms with E-state index in [-0.39, 0.29) is 25.3 Å². The molecule has 1 saturated carbocycles. The number of hydrogen-bond donors (Lipinski definition) is 3. The lowest BCUT2D eigenvalue weighted by Crippen LogP contribution is -2.53. The van der Waals surface area contributed by atoms with Crippen LogP contribution < -0.4 is 11.1 Å². The van der Waals surface area contributed by atoms with Crippen molar-refractivity contribution in [2.45, 2.75) is 77.9 Å². The van der Waals surface area contributed by atoms with Crippen LogP contribution in [0.25, 0.3) is 0 Å². The third-order valence-corrected chi connectivity index (χ3v) is 7.60. The molecule has 1 fully saturated rings. The van der Waals surface area contributed by atoms with Gasteiger partial charge in [0.25, 0.3) is 0 Å². The van der Waals surface area contributed by atoms with Crippen LogP contribution in [0.3, 0.4) is 0 Å². The zero-order valence-corrected chi connectivity index (χ0v) is 22.2. The van der Waals surface area contributed by atoms with Gasteiger partial charge in [0.15, 0.2) is 0 Å². The Hall–Kier alpha value is -2.58. The molecule has 0 spiro atoms. The first-order valence-electron chi connectivity index (χ1n) is 13.4. The van der Waals surface area contributed by atoms with Crippen LogP contribution in [-0.2, 0) is 16.0 Å². The van der Waals surface area contributed by atoms with Gasteiger partial charge in [-0.3, -0.25) is 9.59 Å². The monoisotopic (exact) mass is 517 g/mol. The van der Waals surface area contributed by atoms with Crippen LogP contribution in [0.4, 0.5) is 8.78 Å². The number of primary amides is 1. The van der Waals surface area contributed by atoms with Crippen molar-refractivity contribution in [2.75, 3.05) is 19.6 Å². The fraction of sp³-hybridized carbons (Fsp3) is 0.586. The highest BCUT2D eigenvalue weighted by molar-refractivity contribution is 5.96. The van der Waals surface area contributed by atoms with Crippen molar-refractivity contribution in [2.24, 2.45) is 17.1 Å². The lowest BCUT2D eigenvalue weighted by molar-refractivity contribution is -0.132. The number of allylic oxidation sites excluding steroid dienone is 2. The number of carbonyl (C=O) groups is 2.